The maximum absolute atomic E-state index is 14.5. The first kappa shape index (κ1) is 24.7. The molecule has 0 unspecified atom stereocenters. The quantitative estimate of drug-likeness (QED) is 0.416. The van der Waals surface area contributed by atoms with E-state index in [1.54, 1.807) is 51.0 Å². The van der Waals surface area contributed by atoms with Crippen LogP contribution in [0.2, 0.25) is 0 Å². The largest absolute Gasteiger partial charge is 0.416 e. The third-order valence-corrected chi connectivity index (χ3v) is 7.73. The van der Waals surface area contributed by atoms with Gasteiger partial charge in [0.1, 0.15) is 17.3 Å². The van der Waals surface area contributed by atoms with Crippen molar-refractivity contribution in [1.82, 2.24) is 4.57 Å². The van der Waals surface area contributed by atoms with Gasteiger partial charge < -0.3 is 9.47 Å². The van der Waals surface area contributed by atoms with Crippen molar-refractivity contribution >= 4 is 28.9 Å². The average Bonchev–Trinajstić information content (AvgIpc) is 3.54. The molecule has 1 spiro atoms. The first-order valence-corrected chi connectivity index (χ1v) is 12.7. The van der Waals surface area contributed by atoms with Crippen LogP contribution in [0.4, 0.5) is 24.5 Å². The van der Waals surface area contributed by atoms with E-state index in [0.29, 0.717) is 47.8 Å². The third-order valence-electron chi connectivity index (χ3n) is 7.73. The van der Waals surface area contributed by atoms with Crippen molar-refractivity contribution in [2.75, 3.05) is 16.3 Å². The van der Waals surface area contributed by atoms with Crippen molar-refractivity contribution in [2.45, 2.75) is 37.8 Å². The number of hydrogen-bond donors (Lipinski definition) is 0. The highest BCUT2D eigenvalue weighted by molar-refractivity contribution is 6.22. The first-order chi connectivity index (χ1) is 18.7. The number of rotatable bonds is 3. The number of ketones is 1. The number of halogens is 3. The number of carbonyl (C=O) groups excluding carboxylic acids is 2. The van der Waals surface area contributed by atoms with E-state index in [-0.39, 0.29) is 29.3 Å². The minimum Gasteiger partial charge on any atom is -0.311 e. The predicted octanol–water partition coefficient (Wildman–Crippen LogP) is 6.03. The monoisotopic (exact) mass is 528 g/mol. The molecule has 9 heteroatoms. The fourth-order valence-electron chi connectivity index (χ4n) is 6.19. The molecule has 1 aliphatic carbocycles. The van der Waals surface area contributed by atoms with Crippen LogP contribution in [-0.2, 0) is 21.2 Å². The summed E-state index contributed by atoms with van der Waals surface area (Å²) < 4.78 is 41.8. The van der Waals surface area contributed by atoms with Crippen LogP contribution in [0.1, 0.15) is 37.3 Å². The number of carbonyl (C=O) groups is 2. The molecule has 1 amide bonds. The van der Waals surface area contributed by atoms with E-state index in [1.807, 2.05) is 19.1 Å². The molecule has 0 fully saturated rings. The molecule has 3 aromatic rings. The maximum atomic E-state index is 14.5. The van der Waals surface area contributed by atoms with Gasteiger partial charge in [-0.3, -0.25) is 14.5 Å². The zero-order valence-corrected chi connectivity index (χ0v) is 21.0. The molecule has 0 bridgehead atoms. The summed E-state index contributed by atoms with van der Waals surface area (Å²) in [6, 6.07) is 17.6. The number of allylic oxidation sites excluding steroid dienone is 1. The minimum atomic E-state index is -4.52. The molecule has 0 radical (unpaired) electrons. The number of amides is 1. The molecular weight excluding hydrogens is 505 g/mol. The first-order valence-electron chi connectivity index (χ1n) is 12.7. The number of hydrogen-bond acceptors (Lipinski definition) is 4. The SMILES string of the molecule is CCN1C(=O)[C@@]2(C(C#N)=C(n3cccc3)N(c3ccc(C(F)(F)F)cc3)C3=C2C(=O)CCC3)c2ccccc21. The molecule has 0 saturated heterocycles. The summed E-state index contributed by atoms with van der Waals surface area (Å²) in [5.74, 6) is -0.299. The zero-order chi connectivity index (χ0) is 27.5. The van der Waals surface area contributed by atoms with Crippen LogP contribution < -0.4 is 9.80 Å². The number of anilines is 2. The highest BCUT2D eigenvalue weighted by Crippen LogP contribution is 2.58. The average molecular weight is 529 g/mol. The Labute approximate surface area is 222 Å². The van der Waals surface area contributed by atoms with Crippen molar-refractivity contribution in [3.05, 3.63) is 101 Å². The number of para-hydroxylation sites is 1. The van der Waals surface area contributed by atoms with E-state index < -0.39 is 17.2 Å². The number of nitrogens with zero attached hydrogens (tertiary/aromatic N) is 4. The second kappa shape index (κ2) is 8.73. The second-order valence-corrected chi connectivity index (χ2v) is 9.70. The maximum Gasteiger partial charge on any atom is 0.416 e. The number of nitriles is 1. The Morgan fingerprint density at radius 1 is 0.974 bits per heavy atom. The van der Waals surface area contributed by atoms with Crippen LogP contribution in [-0.4, -0.2) is 22.8 Å². The summed E-state index contributed by atoms with van der Waals surface area (Å²) in [4.78, 5) is 31.5. The van der Waals surface area contributed by atoms with E-state index in [2.05, 4.69) is 6.07 Å². The van der Waals surface area contributed by atoms with Gasteiger partial charge in [0.05, 0.1) is 11.1 Å². The van der Waals surface area contributed by atoms with Crippen LogP contribution in [0, 0.1) is 11.3 Å². The minimum absolute atomic E-state index is 0.0565. The van der Waals surface area contributed by atoms with Crippen LogP contribution >= 0.6 is 0 Å². The molecule has 39 heavy (non-hydrogen) atoms. The van der Waals surface area contributed by atoms with Gasteiger partial charge in [-0.1, -0.05) is 18.2 Å². The van der Waals surface area contributed by atoms with Gasteiger partial charge in [0, 0.05) is 53.6 Å². The zero-order valence-electron chi connectivity index (χ0n) is 21.0. The highest BCUT2D eigenvalue weighted by Gasteiger charge is 2.62. The van der Waals surface area contributed by atoms with Crippen molar-refractivity contribution < 1.29 is 22.8 Å². The van der Waals surface area contributed by atoms with E-state index >= 15 is 0 Å². The number of fused-ring (bicyclic) bond motifs is 3. The standard InChI is InChI=1S/C30H23F3N4O2/c1-2-36-23-9-4-3-8-21(23)29(28(36)39)22(18-34)27(35-16-5-6-17-35)37(24-10-7-11-25(38)26(24)29)20-14-12-19(13-15-20)30(31,32)33/h3-6,8-9,12-17H,2,7,10-11H2,1H3/t29-/m1/s1. The fourth-order valence-corrected chi connectivity index (χ4v) is 6.19. The van der Waals surface area contributed by atoms with Crippen LogP contribution in [0.15, 0.2) is 89.9 Å². The number of Topliss-reactive ketones (excluding diaryl/α,β-unsaturated/α-hetero) is 1. The Hall–Kier alpha value is -4.58. The molecular formula is C30H23F3N4O2. The molecule has 0 saturated carbocycles. The van der Waals surface area contributed by atoms with Crippen molar-refractivity contribution in [3.63, 3.8) is 0 Å². The van der Waals surface area contributed by atoms with Gasteiger partial charge in [-0.05, 0) is 62.2 Å². The van der Waals surface area contributed by atoms with E-state index in [1.165, 1.54) is 12.1 Å². The van der Waals surface area contributed by atoms with Crippen molar-refractivity contribution in [1.29, 1.82) is 5.26 Å². The predicted molar refractivity (Wildman–Crippen MR) is 139 cm³/mol. The van der Waals surface area contributed by atoms with Gasteiger partial charge in [0.25, 0.3) is 0 Å². The van der Waals surface area contributed by atoms with Gasteiger partial charge in [-0.15, -0.1) is 0 Å². The van der Waals surface area contributed by atoms with Gasteiger partial charge in [-0.25, -0.2) is 0 Å². The van der Waals surface area contributed by atoms with E-state index in [9.17, 15) is 28.0 Å². The van der Waals surface area contributed by atoms with Gasteiger partial charge in [-0.2, -0.15) is 18.4 Å². The lowest BCUT2D eigenvalue weighted by Gasteiger charge is -2.45. The van der Waals surface area contributed by atoms with Gasteiger partial charge in [0.2, 0.25) is 5.91 Å². The summed E-state index contributed by atoms with van der Waals surface area (Å²) in [5.41, 5.74) is -0.0892. The molecule has 1 atom stereocenters. The Balaban J connectivity index is 1.73. The lowest BCUT2D eigenvalue weighted by Crippen LogP contribution is -2.51. The van der Waals surface area contributed by atoms with E-state index in [4.69, 9.17) is 0 Å². The summed E-state index contributed by atoms with van der Waals surface area (Å²) >= 11 is 0. The summed E-state index contributed by atoms with van der Waals surface area (Å²) in [7, 11) is 0. The molecule has 6 rings (SSSR count). The Bertz CT molecular complexity index is 1610. The molecule has 6 nitrogen and oxygen atoms in total. The lowest BCUT2D eigenvalue weighted by atomic mass is 9.63. The number of likely N-dealkylation sites (N-methyl/N-ethyl adjacent to an activating group) is 1. The molecule has 1 aromatic heterocycles. The summed E-state index contributed by atoms with van der Waals surface area (Å²) in [6.07, 6.45) is 0.0535. The van der Waals surface area contributed by atoms with E-state index in [0.717, 1.165) is 12.1 Å². The van der Waals surface area contributed by atoms with Crippen molar-refractivity contribution in [2.24, 2.45) is 0 Å². The molecule has 0 N–H and O–H groups in total. The van der Waals surface area contributed by atoms with Crippen LogP contribution in [0.25, 0.3) is 5.82 Å². The Kier molecular flexibility index (Phi) is 5.54. The number of benzene rings is 2. The van der Waals surface area contributed by atoms with Gasteiger partial charge in [0.15, 0.2) is 5.78 Å². The van der Waals surface area contributed by atoms with Gasteiger partial charge >= 0.3 is 6.18 Å². The Morgan fingerprint density at radius 3 is 2.31 bits per heavy atom. The molecule has 2 aliphatic heterocycles. The second-order valence-electron chi connectivity index (χ2n) is 9.70. The normalized spacial score (nSPS) is 21.0. The number of aromatic nitrogens is 1. The molecule has 3 heterocycles. The number of alkyl halides is 3. The topological polar surface area (TPSA) is 69.3 Å². The van der Waals surface area contributed by atoms with Crippen LogP contribution in [0.3, 0.4) is 0 Å². The molecule has 2 aromatic carbocycles. The third kappa shape index (κ3) is 3.34. The Morgan fingerprint density at radius 2 is 1.67 bits per heavy atom. The summed E-state index contributed by atoms with van der Waals surface area (Å²) in [6.45, 7) is 2.18. The summed E-state index contributed by atoms with van der Waals surface area (Å²) in [5, 5.41) is 10.8. The van der Waals surface area contributed by atoms with Crippen LogP contribution in [0.5, 0.6) is 0 Å². The smallest absolute Gasteiger partial charge is 0.311 e. The van der Waals surface area contributed by atoms with Crippen molar-refractivity contribution in [3.8, 4) is 6.07 Å². The fraction of sp³-hybridized carbons (Fsp3) is 0.233. The highest BCUT2D eigenvalue weighted by atomic mass is 19.4. The molecule has 3 aliphatic rings. The lowest BCUT2D eigenvalue weighted by molar-refractivity contribution is -0.137. The molecule has 196 valence electrons.